The standard InChI is InChI=1S/C20H18N4S/c21-17-8-6-16(15-7-9-19(24-13-25)18(22)10-15)11-20(17)23-12-14-4-2-1-3-5-14/h1-13H,21-22H2,(H,24,25). The highest BCUT2D eigenvalue weighted by molar-refractivity contribution is 7.79. The third-order valence-electron chi connectivity index (χ3n) is 3.78. The molecule has 3 aromatic rings. The Labute approximate surface area is 152 Å². The van der Waals surface area contributed by atoms with E-state index in [9.17, 15) is 0 Å². The topological polar surface area (TPSA) is 76.4 Å². The summed E-state index contributed by atoms with van der Waals surface area (Å²) < 4.78 is 0. The molecule has 0 aliphatic rings. The molecule has 0 unspecified atom stereocenters. The van der Waals surface area contributed by atoms with E-state index in [0.717, 1.165) is 28.1 Å². The third-order valence-corrected chi connectivity index (χ3v) is 3.90. The van der Waals surface area contributed by atoms with Crippen molar-refractivity contribution in [1.82, 2.24) is 0 Å². The molecule has 0 saturated carbocycles. The van der Waals surface area contributed by atoms with Crippen molar-refractivity contribution in [2.24, 2.45) is 4.99 Å². The molecule has 0 saturated heterocycles. The van der Waals surface area contributed by atoms with E-state index in [-0.39, 0.29) is 0 Å². The van der Waals surface area contributed by atoms with Gasteiger partial charge in [0.2, 0.25) is 0 Å². The normalized spacial score (nSPS) is 10.7. The van der Waals surface area contributed by atoms with E-state index in [4.69, 9.17) is 23.7 Å². The van der Waals surface area contributed by atoms with Crippen LogP contribution in [0, 0.1) is 0 Å². The van der Waals surface area contributed by atoms with E-state index in [0.29, 0.717) is 11.4 Å². The average molecular weight is 346 g/mol. The lowest BCUT2D eigenvalue weighted by Gasteiger charge is -2.09. The molecular weight excluding hydrogens is 328 g/mol. The Kier molecular flexibility index (Phi) is 5.06. The third kappa shape index (κ3) is 4.02. The minimum atomic E-state index is 0.628. The van der Waals surface area contributed by atoms with Crippen LogP contribution in [-0.2, 0) is 0 Å². The highest BCUT2D eigenvalue weighted by Crippen LogP contribution is 2.32. The summed E-state index contributed by atoms with van der Waals surface area (Å²) in [6, 6.07) is 21.4. The number of nitrogen functional groups attached to an aromatic ring is 2. The van der Waals surface area contributed by atoms with Crippen molar-refractivity contribution in [3.63, 3.8) is 0 Å². The van der Waals surface area contributed by atoms with Crippen molar-refractivity contribution in [1.29, 1.82) is 0 Å². The predicted molar refractivity (Wildman–Crippen MR) is 112 cm³/mol. The average Bonchev–Trinajstić information content (AvgIpc) is 2.64. The minimum Gasteiger partial charge on any atom is -0.397 e. The summed E-state index contributed by atoms with van der Waals surface area (Å²) in [5.74, 6) is 0. The van der Waals surface area contributed by atoms with Crippen LogP contribution in [0.25, 0.3) is 11.1 Å². The molecule has 25 heavy (non-hydrogen) atoms. The van der Waals surface area contributed by atoms with Crippen LogP contribution in [0.2, 0.25) is 0 Å². The summed E-state index contributed by atoms with van der Waals surface area (Å²) in [7, 11) is 0. The van der Waals surface area contributed by atoms with Crippen LogP contribution in [0.4, 0.5) is 22.7 Å². The Morgan fingerprint density at radius 1 is 0.840 bits per heavy atom. The molecule has 5 heteroatoms. The fourth-order valence-corrected chi connectivity index (χ4v) is 2.58. The summed E-state index contributed by atoms with van der Waals surface area (Å²) in [5, 5.41) is 2.93. The van der Waals surface area contributed by atoms with Crippen LogP contribution in [0.5, 0.6) is 0 Å². The van der Waals surface area contributed by atoms with Crippen LogP contribution >= 0.6 is 12.2 Å². The summed E-state index contributed by atoms with van der Waals surface area (Å²) in [6.07, 6.45) is 1.80. The first-order chi connectivity index (χ1) is 12.2. The maximum atomic E-state index is 6.06. The zero-order valence-corrected chi connectivity index (χ0v) is 14.3. The lowest BCUT2D eigenvalue weighted by Crippen LogP contribution is -1.98. The number of aliphatic imine (C=N–C) groups is 1. The van der Waals surface area contributed by atoms with Gasteiger partial charge >= 0.3 is 0 Å². The number of benzene rings is 3. The van der Waals surface area contributed by atoms with Gasteiger partial charge in [0.1, 0.15) is 0 Å². The second kappa shape index (κ2) is 7.59. The Morgan fingerprint density at radius 3 is 2.28 bits per heavy atom. The second-order valence-electron chi connectivity index (χ2n) is 5.51. The highest BCUT2D eigenvalue weighted by Gasteiger charge is 2.05. The van der Waals surface area contributed by atoms with Crippen LogP contribution in [0.15, 0.2) is 71.7 Å². The molecule has 0 spiro atoms. The number of hydrogen-bond acceptors (Lipinski definition) is 4. The summed E-state index contributed by atoms with van der Waals surface area (Å²) >= 11 is 4.80. The highest BCUT2D eigenvalue weighted by atomic mass is 32.1. The number of nitrogens with one attached hydrogen (secondary N) is 1. The molecule has 0 fully saturated rings. The Morgan fingerprint density at radius 2 is 1.56 bits per heavy atom. The molecule has 0 atom stereocenters. The van der Waals surface area contributed by atoms with Gasteiger partial charge in [-0.25, -0.2) is 0 Å². The predicted octanol–water partition coefficient (Wildman–Crippen LogP) is 4.64. The van der Waals surface area contributed by atoms with Gasteiger partial charge in [-0.3, -0.25) is 4.99 Å². The molecule has 124 valence electrons. The molecule has 0 amide bonds. The molecule has 0 bridgehead atoms. The smallest absolute Gasteiger partial charge is 0.0865 e. The van der Waals surface area contributed by atoms with E-state index in [2.05, 4.69) is 10.3 Å². The fraction of sp³-hybridized carbons (Fsp3) is 0. The summed E-state index contributed by atoms with van der Waals surface area (Å²) in [5.41, 5.74) is 19.3. The number of nitrogens with two attached hydrogens (primary N) is 2. The quantitative estimate of drug-likeness (QED) is 0.357. The van der Waals surface area contributed by atoms with Gasteiger partial charge in [0, 0.05) is 6.21 Å². The van der Waals surface area contributed by atoms with Gasteiger partial charge in [-0.1, -0.05) is 54.7 Å². The lowest BCUT2D eigenvalue weighted by molar-refractivity contribution is 1.51. The Balaban J connectivity index is 1.92. The van der Waals surface area contributed by atoms with Crippen LogP contribution in [0.3, 0.4) is 0 Å². The number of anilines is 3. The van der Waals surface area contributed by atoms with Gasteiger partial charge in [-0.2, -0.15) is 0 Å². The molecule has 4 nitrogen and oxygen atoms in total. The SMILES string of the molecule is Nc1ccc(-c2ccc(NC=S)c(N)c2)cc1N=Cc1ccccc1. The molecular formula is C20H18N4S. The number of rotatable bonds is 5. The lowest BCUT2D eigenvalue weighted by atomic mass is 10.0. The van der Waals surface area contributed by atoms with E-state index in [1.807, 2.05) is 66.7 Å². The Bertz CT molecular complexity index is 920. The first-order valence-electron chi connectivity index (χ1n) is 7.76. The summed E-state index contributed by atoms with van der Waals surface area (Å²) in [4.78, 5) is 4.52. The van der Waals surface area contributed by atoms with E-state index >= 15 is 0 Å². The van der Waals surface area contributed by atoms with Gasteiger partial charge in [0.25, 0.3) is 0 Å². The zero-order chi connectivity index (χ0) is 17.6. The van der Waals surface area contributed by atoms with Crippen molar-refractivity contribution in [2.45, 2.75) is 0 Å². The maximum Gasteiger partial charge on any atom is 0.0865 e. The molecule has 3 aromatic carbocycles. The van der Waals surface area contributed by atoms with E-state index in [1.54, 1.807) is 6.21 Å². The zero-order valence-electron chi connectivity index (χ0n) is 13.5. The monoisotopic (exact) mass is 346 g/mol. The van der Waals surface area contributed by atoms with E-state index in [1.165, 1.54) is 5.49 Å². The fourth-order valence-electron chi connectivity index (χ4n) is 2.46. The van der Waals surface area contributed by atoms with Crippen molar-refractivity contribution in [2.75, 3.05) is 16.8 Å². The van der Waals surface area contributed by atoms with Crippen molar-refractivity contribution in [3.05, 3.63) is 72.3 Å². The molecule has 0 aliphatic carbocycles. The molecule has 5 N–H and O–H groups in total. The van der Waals surface area contributed by atoms with Gasteiger partial charge < -0.3 is 16.8 Å². The molecule has 0 heterocycles. The first-order valence-corrected chi connectivity index (χ1v) is 8.23. The Hall–Kier alpha value is -3.18. The number of nitrogens with zero attached hydrogens (tertiary/aromatic N) is 1. The number of hydrogen-bond donors (Lipinski definition) is 3. The van der Waals surface area contributed by atoms with Gasteiger partial charge in [0.15, 0.2) is 0 Å². The van der Waals surface area contributed by atoms with Crippen LogP contribution < -0.4 is 16.8 Å². The van der Waals surface area contributed by atoms with Gasteiger partial charge in [-0.05, 0) is 41.0 Å². The summed E-state index contributed by atoms with van der Waals surface area (Å²) in [6.45, 7) is 0. The number of thiocarbonyl (C=S) groups is 1. The van der Waals surface area contributed by atoms with Crippen LogP contribution in [0.1, 0.15) is 5.56 Å². The first kappa shape index (κ1) is 16.7. The molecule has 0 radical (unpaired) electrons. The molecule has 0 aromatic heterocycles. The van der Waals surface area contributed by atoms with Gasteiger partial charge in [0.05, 0.1) is 28.2 Å². The maximum absolute atomic E-state index is 6.06. The van der Waals surface area contributed by atoms with E-state index < -0.39 is 0 Å². The van der Waals surface area contributed by atoms with Gasteiger partial charge in [-0.15, -0.1) is 0 Å². The van der Waals surface area contributed by atoms with Crippen molar-refractivity contribution >= 4 is 46.7 Å². The minimum absolute atomic E-state index is 0.628. The second-order valence-corrected chi connectivity index (χ2v) is 5.74. The molecule has 0 aliphatic heterocycles. The van der Waals surface area contributed by atoms with Crippen molar-refractivity contribution in [3.8, 4) is 11.1 Å². The van der Waals surface area contributed by atoms with Crippen LogP contribution in [-0.4, -0.2) is 11.7 Å². The molecule has 3 rings (SSSR count). The largest absolute Gasteiger partial charge is 0.397 e. The van der Waals surface area contributed by atoms with Crippen molar-refractivity contribution < 1.29 is 0 Å².